The van der Waals surface area contributed by atoms with Crippen molar-refractivity contribution >= 4 is 5.97 Å². The van der Waals surface area contributed by atoms with E-state index in [4.69, 9.17) is 14.2 Å². The van der Waals surface area contributed by atoms with Gasteiger partial charge in [0, 0.05) is 0 Å². The van der Waals surface area contributed by atoms with Gasteiger partial charge in [-0.15, -0.1) is 0 Å². The molecule has 5 heteroatoms. The summed E-state index contributed by atoms with van der Waals surface area (Å²) in [5.74, 6) is 1.04. The van der Waals surface area contributed by atoms with Gasteiger partial charge in [-0.05, 0) is 106 Å². The van der Waals surface area contributed by atoms with Gasteiger partial charge in [-0.2, -0.15) is 5.26 Å². The summed E-state index contributed by atoms with van der Waals surface area (Å²) in [5.41, 5.74) is 3.95. The first-order chi connectivity index (χ1) is 16.9. The van der Waals surface area contributed by atoms with Gasteiger partial charge in [-0.1, -0.05) is 24.3 Å². The molecule has 0 aliphatic heterocycles. The molecule has 0 N–H and O–H groups in total. The summed E-state index contributed by atoms with van der Waals surface area (Å²) in [7, 11) is 3.11. The highest BCUT2D eigenvalue weighted by Gasteiger charge is 2.45. The molecular weight excluding hydrogens is 438 g/mol. The predicted octanol–water partition coefficient (Wildman–Crippen LogP) is 6.23. The molecule has 0 heterocycles. The molecule has 3 unspecified atom stereocenters. The van der Waals surface area contributed by atoms with Gasteiger partial charge in [0.1, 0.15) is 0 Å². The number of esters is 1. The third kappa shape index (κ3) is 5.32. The lowest BCUT2D eigenvalue weighted by molar-refractivity contribution is -0.149. The van der Waals surface area contributed by atoms with E-state index >= 15 is 0 Å². The Kier molecular flexibility index (Phi) is 7.69. The summed E-state index contributed by atoms with van der Waals surface area (Å²) < 4.78 is 17.1. The van der Waals surface area contributed by atoms with Crippen molar-refractivity contribution in [2.75, 3.05) is 14.2 Å². The van der Waals surface area contributed by atoms with Crippen molar-refractivity contribution in [3.63, 3.8) is 0 Å². The fraction of sp³-hybridized carbons (Fsp3) is 0.533. The molecule has 0 bridgehead atoms. The van der Waals surface area contributed by atoms with Crippen molar-refractivity contribution < 1.29 is 19.0 Å². The molecular formula is C30H37NO4. The van der Waals surface area contributed by atoms with Gasteiger partial charge in [-0.3, -0.25) is 4.79 Å². The minimum absolute atomic E-state index is 0.0132. The summed E-state index contributed by atoms with van der Waals surface area (Å²) >= 11 is 0. The maximum Gasteiger partial charge on any atom is 0.308 e. The second kappa shape index (κ2) is 10.7. The quantitative estimate of drug-likeness (QED) is 0.444. The lowest BCUT2D eigenvalue weighted by Crippen LogP contribution is -2.40. The minimum atomic E-state index is -0.686. The van der Waals surface area contributed by atoms with E-state index in [1.165, 1.54) is 36.6 Å². The highest BCUT2D eigenvalue weighted by Crippen LogP contribution is 2.47. The van der Waals surface area contributed by atoms with Crippen molar-refractivity contribution in [1.29, 1.82) is 5.26 Å². The third-order valence-corrected chi connectivity index (χ3v) is 8.16. The van der Waals surface area contributed by atoms with Gasteiger partial charge in [0.15, 0.2) is 11.5 Å². The lowest BCUT2D eigenvalue weighted by atomic mass is 9.61. The van der Waals surface area contributed by atoms with Gasteiger partial charge >= 0.3 is 5.97 Å². The van der Waals surface area contributed by atoms with Crippen LogP contribution in [0.5, 0.6) is 11.5 Å². The maximum atomic E-state index is 12.7. The first-order valence-corrected chi connectivity index (χ1v) is 12.8. The van der Waals surface area contributed by atoms with Gasteiger partial charge < -0.3 is 14.2 Å². The van der Waals surface area contributed by atoms with Crippen LogP contribution in [0.1, 0.15) is 67.2 Å². The van der Waals surface area contributed by atoms with Crippen molar-refractivity contribution in [3.05, 3.63) is 58.7 Å². The standard InChI is InChI=1S/C30H37NO4/c1-20-9-10-22(15-21(20)2)16-23-18-30(19-31,14-13-26(23)29(32)34-4)24-11-12-27(33-3)28(17-24)35-25-7-5-6-8-25/h9-12,15,17,23,25-26H,5-8,13-14,16,18H2,1-4H3. The van der Waals surface area contributed by atoms with Gasteiger partial charge in [0.05, 0.1) is 37.7 Å². The summed E-state index contributed by atoms with van der Waals surface area (Å²) in [6.07, 6.45) is 7.25. The second-order valence-corrected chi connectivity index (χ2v) is 10.3. The fourth-order valence-electron chi connectivity index (χ4n) is 5.92. The number of rotatable bonds is 7. The van der Waals surface area contributed by atoms with Crippen LogP contribution in [0.25, 0.3) is 0 Å². The Morgan fingerprint density at radius 1 is 1.03 bits per heavy atom. The van der Waals surface area contributed by atoms with Crippen molar-refractivity contribution in [2.24, 2.45) is 11.8 Å². The van der Waals surface area contributed by atoms with Crippen LogP contribution < -0.4 is 9.47 Å². The third-order valence-electron chi connectivity index (χ3n) is 8.16. The zero-order valence-corrected chi connectivity index (χ0v) is 21.4. The zero-order chi connectivity index (χ0) is 25.0. The fourth-order valence-corrected chi connectivity index (χ4v) is 5.92. The molecule has 0 radical (unpaired) electrons. The van der Waals surface area contributed by atoms with E-state index in [0.29, 0.717) is 30.8 Å². The van der Waals surface area contributed by atoms with E-state index in [-0.39, 0.29) is 23.9 Å². The van der Waals surface area contributed by atoms with Gasteiger partial charge in [0.2, 0.25) is 0 Å². The minimum Gasteiger partial charge on any atom is -0.493 e. The Morgan fingerprint density at radius 2 is 1.80 bits per heavy atom. The number of hydrogen-bond donors (Lipinski definition) is 0. The molecule has 0 saturated heterocycles. The number of methoxy groups -OCH3 is 2. The Balaban J connectivity index is 1.66. The molecule has 4 rings (SSSR count). The molecule has 2 fully saturated rings. The van der Waals surface area contributed by atoms with Gasteiger partial charge in [0.25, 0.3) is 0 Å². The zero-order valence-electron chi connectivity index (χ0n) is 21.4. The average Bonchev–Trinajstić information content (AvgIpc) is 3.39. The molecule has 2 aromatic rings. The summed E-state index contributed by atoms with van der Waals surface area (Å²) in [5, 5.41) is 10.5. The van der Waals surface area contributed by atoms with E-state index in [1.54, 1.807) is 7.11 Å². The number of carbonyl (C=O) groups excluding carboxylic acids is 1. The van der Waals surface area contributed by atoms with Crippen molar-refractivity contribution in [1.82, 2.24) is 0 Å². The number of nitriles is 1. The molecule has 35 heavy (non-hydrogen) atoms. The second-order valence-electron chi connectivity index (χ2n) is 10.3. The van der Waals surface area contributed by atoms with Crippen molar-refractivity contribution in [2.45, 2.75) is 76.7 Å². The van der Waals surface area contributed by atoms with Crippen LogP contribution in [0.15, 0.2) is 36.4 Å². The monoisotopic (exact) mass is 475 g/mol. The van der Waals surface area contributed by atoms with E-state index in [0.717, 1.165) is 24.8 Å². The molecule has 2 aromatic carbocycles. The highest BCUT2D eigenvalue weighted by atomic mass is 16.5. The largest absolute Gasteiger partial charge is 0.493 e. The van der Waals surface area contributed by atoms with E-state index in [1.807, 2.05) is 18.2 Å². The molecule has 3 atom stereocenters. The molecule has 2 aliphatic carbocycles. The predicted molar refractivity (Wildman–Crippen MR) is 136 cm³/mol. The Bertz CT molecular complexity index is 1100. The van der Waals surface area contributed by atoms with Crippen LogP contribution in [0, 0.1) is 37.0 Å². The summed E-state index contributed by atoms with van der Waals surface area (Å²) in [4.78, 5) is 12.7. The first kappa shape index (κ1) is 25.1. The number of benzene rings is 2. The molecule has 2 aliphatic rings. The number of ether oxygens (including phenoxy) is 3. The average molecular weight is 476 g/mol. The maximum absolute atomic E-state index is 12.7. The number of carbonyl (C=O) groups is 1. The smallest absolute Gasteiger partial charge is 0.308 e. The first-order valence-electron chi connectivity index (χ1n) is 12.8. The SMILES string of the molecule is COC(=O)C1CCC(C#N)(c2ccc(OC)c(OC3CCCC3)c2)CC1Cc1ccc(C)c(C)c1. The summed E-state index contributed by atoms with van der Waals surface area (Å²) in [6, 6.07) is 15.1. The Morgan fingerprint density at radius 3 is 2.46 bits per heavy atom. The molecule has 2 saturated carbocycles. The Labute approximate surface area is 209 Å². The molecule has 0 aromatic heterocycles. The number of nitrogens with zero attached hydrogens (tertiary/aromatic N) is 1. The van der Waals surface area contributed by atoms with E-state index < -0.39 is 5.41 Å². The number of hydrogen-bond acceptors (Lipinski definition) is 5. The van der Waals surface area contributed by atoms with Crippen LogP contribution in [-0.2, 0) is 21.4 Å². The van der Waals surface area contributed by atoms with E-state index in [2.05, 4.69) is 38.1 Å². The number of aryl methyl sites for hydroxylation is 2. The van der Waals surface area contributed by atoms with Crippen LogP contribution in [0.2, 0.25) is 0 Å². The normalized spacial score (nSPS) is 24.5. The van der Waals surface area contributed by atoms with Crippen LogP contribution in [0.4, 0.5) is 0 Å². The topological polar surface area (TPSA) is 68.6 Å². The molecule has 186 valence electrons. The van der Waals surface area contributed by atoms with Gasteiger partial charge in [-0.25, -0.2) is 0 Å². The molecule has 0 spiro atoms. The van der Waals surface area contributed by atoms with Crippen LogP contribution in [-0.4, -0.2) is 26.3 Å². The Hall–Kier alpha value is -3.00. The van der Waals surface area contributed by atoms with Crippen LogP contribution in [0.3, 0.4) is 0 Å². The van der Waals surface area contributed by atoms with Crippen LogP contribution >= 0.6 is 0 Å². The molecule has 5 nitrogen and oxygen atoms in total. The van der Waals surface area contributed by atoms with E-state index in [9.17, 15) is 10.1 Å². The molecule has 0 amide bonds. The summed E-state index contributed by atoms with van der Waals surface area (Å²) in [6.45, 7) is 4.22. The van der Waals surface area contributed by atoms with Crippen molar-refractivity contribution in [3.8, 4) is 17.6 Å². The highest BCUT2D eigenvalue weighted by molar-refractivity contribution is 5.73. The lowest BCUT2D eigenvalue weighted by Gasteiger charge is -2.40.